The van der Waals surface area contributed by atoms with E-state index in [9.17, 15) is 9.90 Å². The van der Waals surface area contributed by atoms with Gasteiger partial charge in [-0.15, -0.1) is 11.3 Å². The van der Waals surface area contributed by atoms with Crippen molar-refractivity contribution in [1.82, 2.24) is 0 Å². The van der Waals surface area contributed by atoms with Gasteiger partial charge in [-0.05, 0) is 54.8 Å². The topological polar surface area (TPSA) is 49.8 Å². The van der Waals surface area contributed by atoms with Gasteiger partial charge in [-0.3, -0.25) is 9.69 Å². The predicted octanol–water partition coefficient (Wildman–Crippen LogP) is 5.07. The lowest BCUT2D eigenvalue weighted by molar-refractivity contribution is -0.117. The number of unbranched alkanes of at least 4 members (excludes halogenated alkanes) is 2. The molecule has 2 atom stereocenters. The van der Waals surface area contributed by atoms with Crippen LogP contribution in [-0.2, 0) is 16.0 Å². The van der Waals surface area contributed by atoms with E-state index in [1.54, 1.807) is 16.2 Å². The van der Waals surface area contributed by atoms with Crippen molar-refractivity contribution >= 4 is 22.9 Å². The highest BCUT2D eigenvalue weighted by molar-refractivity contribution is 7.09. The van der Waals surface area contributed by atoms with Crippen LogP contribution in [0.1, 0.15) is 62.0 Å². The summed E-state index contributed by atoms with van der Waals surface area (Å²) >= 11 is 1.77. The third-order valence-corrected chi connectivity index (χ3v) is 5.98. The molecule has 2 heterocycles. The van der Waals surface area contributed by atoms with Gasteiger partial charge >= 0.3 is 0 Å². The van der Waals surface area contributed by atoms with Crippen molar-refractivity contribution in [2.45, 2.75) is 64.2 Å². The number of hydrogen-bond donors (Lipinski definition) is 1. The van der Waals surface area contributed by atoms with Crippen molar-refractivity contribution in [2.75, 3.05) is 11.5 Å². The number of thiophene rings is 1. The molecule has 1 aromatic carbocycles. The third-order valence-electron chi connectivity index (χ3n) is 5.05. The van der Waals surface area contributed by atoms with Crippen LogP contribution in [0.15, 0.2) is 41.8 Å². The number of benzene rings is 1. The van der Waals surface area contributed by atoms with Crippen molar-refractivity contribution in [3.05, 3.63) is 52.2 Å². The molecule has 2 unspecified atom stereocenters. The van der Waals surface area contributed by atoms with Crippen molar-refractivity contribution < 1.29 is 14.6 Å². The number of ether oxygens (including phenoxy) is 1. The van der Waals surface area contributed by atoms with E-state index < -0.39 is 6.10 Å². The van der Waals surface area contributed by atoms with Crippen molar-refractivity contribution in [3.8, 4) is 0 Å². The molecule has 27 heavy (non-hydrogen) atoms. The van der Waals surface area contributed by atoms with E-state index in [4.69, 9.17) is 4.74 Å². The molecule has 0 bridgehead atoms. The molecule has 1 aliphatic rings. The van der Waals surface area contributed by atoms with E-state index in [0.717, 1.165) is 56.2 Å². The van der Waals surface area contributed by atoms with Crippen molar-refractivity contribution in [1.29, 1.82) is 0 Å². The maximum Gasteiger partial charge on any atom is 0.255 e. The Labute approximate surface area is 165 Å². The first kappa shape index (κ1) is 20.1. The van der Waals surface area contributed by atoms with Crippen LogP contribution in [0.5, 0.6) is 0 Å². The molecule has 146 valence electrons. The van der Waals surface area contributed by atoms with Crippen LogP contribution in [-0.4, -0.2) is 23.8 Å². The maximum atomic E-state index is 12.3. The molecule has 0 radical (unpaired) electrons. The number of aliphatic hydroxyl groups excluding tert-OH is 1. The normalized spacial score (nSPS) is 18.2. The average molecular weight is 388 g/mol. The second-order valence-corrected chi connectivity index (χ2v) is 8.14. The Morgan fingerprint density at radius 3 is 2.74 bits per heavy atom. The van der Waals surface area contributed by atoms with E-state index in [1.807, 2.05) is 24.3 Å². The Kier molecular flexibility index (Phi) is 7.44. The molecule has 2 aromatic rings. The van der Waals surface area contributed by atoms with Crippen LogP contribution < -0.4 is 4.90 Å². The molecule has 1 aliphatic heterocycles. The molecular formula is C22H29NO3S. The molecule has 0 aliphatic carbocycles. The molecule has 0 saturated carbocycles. The predicted molar refractivity (Wildman–Crippen MR) is 110 cm³/mol. The Balaban J connectivity index is 1.58. The zero-order chi connectivity index (χ0) is 19.1. The van der Waals surface area contributed by atoms with Crippen LogP contribution in [0.25, 0.3) is 0 Å². The highest BCUT2D eigenvalue weighted by Gasteiger charge is 2.32. The number of carbonyl (C=O) groups is 1. The number of anilines is 1. The summed E-state index contributed by atoms with van der Waals surface area (Å²) in [6.45, 7) is 2.30. The fraction of sp³-hybridized carbons (Fsp3) is 0.500. The lowest BCUT2D eigenvalue weighted by Gasteiger charge is -2.23. The first-order valence-corrected chi connectivity index (χ1v) is 10.8. The summed E-state index contributed by atoms with van der Waals surface area (Å²) in [5, 5.41) is 12.4. The van der Waals surface area contributed by atoms with Gasteiger partial charge in [0, 0.05) is 10.6 Å². The quantitative estimate of drug-likeness (QED) is 0.579. The van der Waals surface area contributed by atoms with Gasteiger partial charge < -0.3 is 9.84 Å². The molecule has 3 rings (SSSR count). The summed E-state index contributed by atoms with van der Waals surface area (Å²) < 4.78 is 5.73. The van der Waals surface area contributed by atoms with Crippen LogP contribution in [0.3, 0.4) is 0 Å². The molecule has 1 aromatic heterocycles. The largest absolute Gasteiger partial charge is 0.388 e. The number of rotatable bonds is 10. The third kappa shape index (κ3) is 5.41. The second-order valence-electron chi connectivity index (χ2n) is 7.10. The number of hydrogen-bond acceptors (Lipinski definition) is 4. The molecule has 5 heteroatoms. The van der Waals surface area contributed by atoms with E-state index in [2.05, 4.69) is 24.4 Å². The SMILES string of the molecule is CCCCCC(O)c1ccc(N2C(=O)COC2CCCc2cccs2)cc1. The van der Waals surface area contributed by atoms with Gasteiger partial charge in [-0.1, -0.05) is 44.4 Å². The second kappa shape index (κ2) is 10.0. The van der Waals surface area contributed by atoms with Gasteiger partial charge in [0.1, 0.15) is 12.8 Å². The fourth-order valence-corrected chi connectivity index (χ4v) is 4.26. The van der Waals surface area contributed by atoms with E-state index in [1.165, 1.54) is 4.88 Å². The van der Waals surface area contributed by atoms with Gasteiger partial charge in [0.15, 0.2) is 0 Å². The Hall–Kier alpha value is -1.69. The van der Waals surface area contributed by atoms with Crippen molar-refractivity contribution in [2.24, 2.45) is 0 Å². The fourth-order valence-electron chi connectivity index (χ4n) is 3.51. The summed E-state index contributed by atoms with van der Waals surface area (Å²) in [6, 6.07) is 11.9. The minimum absolute atomic E-state index is 0.00682. The Morgan fingerprint density at radius 2 is 2.04 bits per heavy atom. The number of aliphatic hydroxyl groups is 1. The van der Waals surface area contributed by atoms with Crippen LogP contribution in [0, 0.1) is 0 Å². The maximum absolute atomic E-state index is 12.3. The Morgan fingerprint density at radius 1 is 1.22 bits per heavy atom. The summed E-state index contributed by atoms with van der Waals surface area (Å²) in [5.41, 5.74) is 1.76. The molecule has 1 amide bonds. The molecule has 1 N–H and O–H groups in total. The lowest BCUT2D eigenvalue weighted by Crippen LogP contribution is -2.33. The summed E-state index contributed by atoms with van der Waals surface area (Å²) in [6.07, 6.45) is 6.31. The number of aryl methyl sites for hydroxylation is 1. The molecule has 1 saturated heterocycles. The minimum atomic E-state index is -0.433. The molecular weight excluding hydrogens is 358 g/mol. The van der Waals surface area contributed by atoms with E-state index >= 15 is 0 Å². The highest BCUT2D eigenvalue weighted by Crippen LogP contribution is 2.28. The lowest BCUT2D eigenvalue weighted by atomic mass is 10.0. The Bertz CT molecular complexity index is 699. The average Bonchev–Trinajstić information content (AvgIpc) is 3.32. The summed E-state index contributed by atoms with van der Waals surface area (Å²) in [5.74, 6) is 0.00682. The standard InChI is InChI=1S/C22H29NO3S/c1-2-3-4-9-20(24)17-11-13-18(14-12-17)23-21(25)16-26-22(23)10-5-7-19-8-6-15-27-19/h6,8,11-15,20,22,24H,2-5,7,9-10,16H2,1H3. The smallest absolute Gasteiger partial charge is 0.255 e. The number of carbonyl (C=O) groups excluding carboxylic acids is 1. The van der Waals surface area contributed by atoms with Crippen LogP contribution >= 0.6 is 11.3 Å². The van der Waals surface area contributed by atoms with Gasteiger partial charge in [0.05, 0.1) is 6.10 Å². The molecule has 1 fully saturated rings. The first-order chi connectivity index (χ1) is 13.2. The van der Waals surface area contributed by atoms with Gasteiger partial charge in [-0.25, -0.2) is 0 Å². The summed E-state index contributed by atoms with van der Waals surface area (Å²) in [7, 11) is 0. The summed E-state index contributed by atoms with van der Waals surface area (Å²) in [4.78, 5) is 15.5. The zero-order valence-corrected chi connectivity index (χ0v) is 16.8. The van der Waals surface area contributed by atoms with Crippen molar-refractivity contribution in [3.63, 3.8) is 0 Å². The van der Waals surface area contributed by atoms with E-state index in [0.29, 0.717) is 0 Å². The molecule has 4 nitrogen and oxygen atoms in total. The highest BCUT2D eigenvalue weighted by atomic mass is 32.1. The minimum Gasteiger partial charge on any atom is -0.388 e. The van der Waals surface area contributed by atoms with Gasteiger partial charge in [0.2, 0.25) is 0 Å². The van der Waals surface area contributed by atoms with E-state index in [-0.39, 0.29) is 18.7 Å². The van der Waals surface area contributed by atoms with Gasteiger partial charge in [0.25, 0.3) is 5.91 Å². The zero-order valence-electron chi connectivity index (χ0n) is 16.0. The molecule has 0 spiro atoms. The number of nitrogens with zero attached hydrogens (tertiary/aromatic N) is 1. The van der Waals surface area contributed by atoms with Crippen LogP contribution in [0.4, 0.5) is 5.69 Å². The first-order valence-electron chi connectivity index (χ1n) is 9.93. The van der Waals surface area contributed by atoms with Crippen LogP contribution in [0.2, 0.25) is 0 Å². The monoisotopic (exact) mass is 387 g/mol. The number of amides is 1. The van der Waals surface area contributed by atoms with Gasteiger partial charge in [-0.2, -0.15) is 0 Å².